The van der Waals surface area contributed by atoms with Crippen LogP contribution in [0.15, 0.2) is 28.6 Å². The third-order valence-corrected chi connectivity index (χ3v) is 4.86. The number of halogens is 2. The summed E-state index contributed by atoms with van der Waals surface area (Å²) in [4.78, 5) is 0. The van der Waals surface area contributed by atoms with Crippen LogP contribution in [0.1, 0.15) is 13.8 Å². The maximum Gasteiger partial charge on any atom is 3.00 e. The molecule has 1 heterocycles. The summed E-state index contributed by atoms with van der Waals surface area (Å²) in [6.45, 7) is 6.78. The smallest absolute Gasteiger partial charge is 1.00 e. The van der Waals surface area contributed by atoms with Crippen LogP contribution < -0.4 is 24.8 Å². The number of hydrogen-bond acceptors (Lipinski definition) is 0. The van der Waals surface area contributed by atoms with Gasteiger partial charge in [-0.15, -0.1) is 24.9 Å². The molecule has 2 aliphatic rings. The second-order valence-corrected chi connectivity index (χ2v) is 5.79. The van der Waals surface area contributed by atoms with E-state index in [0.29, 0.717) is 0 Å². The standard InChI is InChI=1S/C10H12P.2ClH.Zr/c1-7-4-9-6-8(2)11(3)10(9)5-7;;;/h5-6,8H,1-3H3;2*1H;/q-1;;;+3/p-2. The van der Waals surface area contributed by atoms with Crippen LogP contribution in [0, 0.1) is 6.08 Å². The zero-order valence-electron chi connectivity index (χ0n) is 8.44. The van der Waals surface area contributed by atoms with Gasteiger partial charge in [0.05, 0.1) is 0 Å². The Morgan fingerprint density at radius 2 is 1.93 bits per heavy atom. The third-order valence-electron chi connectivity index (χ3n) is 2.36. The van der Waals surface area contributed by atoms with Gasteiger partial charge in [0, 0.05) is 0 Å². The van der Waals surface area contributed by atoms with Gasteiger partial charge in [-0.05, 0) is 12.3 Å². The first-order valence-corrected chi connectivity index (χ1v) is 5.81. The Bertz CT molecular complexity index is 294. The van der Waals surface area contributed by atoms with Gasteiger partial charge in [0.2, 0.25) is 0 Å². The minimum atomic E-state index is 0. The van der Waals surface area contributed by atoms with Gasteiger partial charge < -0.3 is 24.8 Å². The average Bonchev–Trinajstić information content (AvgIpc) is 2.37. The average molecular weight is 325 g/mol. The van der Waals surface area contributed by atoms with E-state index >= 15 is 0 Å². The van der Waals surface area contributed by atoms with Gasteiger partial charge in [-0.3, -0.25) is 0 Å². The fourth-order valence-corrected chi connectivity index (χ4v) is 3.31. The van der Waals surface area contributed by atoms with Crippen molar-refractivity contribution in [1.29, 1.82) is 0 Å². The maximum atomic E-state index is 3.38. The van der Waals surface area contributed by atoms with Gasteiger partial charge in [-0.2, -0.15) is 17.7 Å². The van der Waals surface area contributed by atoms with E-state index in [4.69, 9.17) is 0 Å². The minimum absolute atomic E-state index is 0. The van der Waals surface area contributed by atoms with E-state index in [1.54, 1.807) is 5.31 Å². The van der Waals surface area contributed by atoms with Crippen molar-refractivity contribution < 1.29 is 51.0 Å². The van der Waals surface area contributed by atoms with Gasteiger partial charge >= 0.3 is 26.2 Å². The molecule has 0 spiro atoms. The van der Waals surface area contributed by atoms with Crippen LogP contribution in [0.25, 0.3) is 0 Å². The van der Waals surface area contributed by atoms with Crippen molar-refractivity contribution in [3.63, 3.8) is 0 Å². The van der Waals surface area contributed by atoms with E-state index in [0.717, 1.165) is 5.66 Å². The van der Waals surface area contributed by atoms with Crippen molar-refractivity contribution >= 4 is 7.92 Å². The Labute approximate surface area is 119 Å². The van der Waals surface area contributed by atoms with E-state index in [9.17, 15) is 0 Å². The van der Waals surface area contributed by atoms with Crippen molar-refractivity contribution in [1.82, 2.24) is 0 Å². The molecule has 1 radical (unpaired) electrons. The monoisotopic (exact) mass is 323 g/mol. The van der Waals surface area contributed by atoms with E-state index in [1.807, 2.05) is 0 Å². The molecule has 1 aliphatic heterocycles. The van der Waals surface area contributed by atoms with Crippen LogP contribution >= 0.6 is 7.92 Å². The first-order valence-electron chi connectivity index (χ1n) is 3.96. The summed E-state index contributed by atoms with van der Waals surface area (Å²) in [6, 6.07) is 0. The van der Waals surface area contributed by atoms with Crippen LogP contribution in [0.3, 0.4) is 0 Å². The van der Waals surface area contributed by atoms with Gasteiger partial charge in [-0.1, -0.05) is 13.8 Å². The van der Waals surface area contributed by atoms with E-state index < -0.39 is 0 Å². The molecule has 0 saturated carbocycles. The molecule has 2 atom stereocenters. The molecule has 0 aromatic rings. The van der Waals surface area contributed by atoms with Crippen LogP contribution in [0.2, 0.25) is 0 Å². The predicted octanol–water partition coefficient (Wildman–Crippen LogP) is -2.92. The first-order chi connectivity index (χ1) is 5.18. The largest absolute Gasteiger partial charge is 3.00 e. The van der Waals surface area contributed by atoms with E-state index in [1.165, 1.54) is 11.1 Å². The molecule has 0 N–H and O–H groups in total. The fraction of sp³-hybridized carbons (Fsp3) is 0.400. The predicted molar refractivity (Wildman–Crippen MR) is 50.9 cm³/mol. The van der Waals surface area contributed by atoms with Gasteiger partial charge in [0.15, 0.2) is 0 Å². The zero-order chi connectivity index (χ0) is 8.01. The number of rotatable bonds is 0. The zero-order valence-corrected chi connectivity index (χ0v) is 13.3. The topological polar surface area (TPSA) is 0 Å². The maximum absolute atomic E-state index is 3.38. The summed E-state index contributed by atoms with van der Waals surface area (Å²) in [6.07, 6.45) is 8.03. The molecular formula is C10H12Cl2PZr. The Morgan fingerprint density at radius 1 is 1.36 bits per heavy atom. The second kappa shape index (κ2) is 6.64. The second-order valence-electron chi connectivity index (χ2n) is 3.27. The summed E-state index contributed by atoms with van der Waals surface area (Å²) < 4.78 is 0. The van der Waals surface area contributed by atoms with Crippen LogP contribution in [-0.4, -0.2) is 12.3 Å². The summed E-state index contributed by atoms with van der Waals surface area (Å²) in [5.41, 5.74) is 3.45. The molecule has 0 aromatic heterocycles. The number of allylic oxidation sites excluding steroid dienone is 6. The van der Waals surface area contributed by atoms with Gasteiger partial charge in [0.25, 0.3) is 0 Å². The van der Waals surface area contributed by atoms with Crippen molar-refractivity contribution in [2.24, 2.45) is 0 Å². The molecule has 0 bridgehead atoms. The molecule has 1 aliphatic carbocycles. The molecule has 14 heavy (non-hydrogen) atoms. The normalized spacial score (nSPS) is 27.2. The Kier molecular flexibility index (Phi) is 8.31. The van der Waals surface area contributed by atoms with Gasteiger partial charge in [0.1, 0.15) is 0 Å². The molecular weight excluding hydrogens is 313 g/mol. The summed E-state index contributed by atoms with van der Waals surface area (Å²) in [7, 11) is 0.0919. The molecule has 0 aromatic carbocycles. The molecule has 4 heteroatoms. The summed E-state index contributed by atoms with van der Waals surface area (Å²) in [5.74, 6) is 0. The van der Waals surface area contributed by atoms with Crippen LogP contribution in [0.5, 0.6) is 0 Å². The molecule has 2 rings (SSSR count). The van der Waals surface area contributed by atoms with Crippen LogP contribution in [0.4, 0.5) is 0 Å². The van der Waals surface area contributed by atoms with Gasteiger partial charge in [-0.25, -0.2) is 0 Å². The minimum Gasteiger partial charge on any atom is -1.00 e. The molecule has 0 fully saturated rings. The van der Waals surface area contributed by atoms with E-state index in [2.05, 4.69) is 38.7 Å². The van der Waals surface area contributed by atoms with Crippen LogP contribution in [-0.2, 0) is 26.2 Å². The van der Waals surface area contributed by atoms with E-state index in [-0.39, 0.29) is 58.9 Å². The molecule has 0 saturated heterocycles. The Balaban J connectivity index is 0. The summed E-state index contributed by atoms with van der Waals surface area (Å²) in [5, 5.41) is 1.56. The van der Waals surface area contributed by atoms with Crippen molar-refractivity contribution in [2.75, 3.05) is 6.66 Å². The SMILES string of the molecule is CC1=[C-]C2=CC(C)P(C)C2=C1.[Cl-].[Cl-].[Zr+3]. The Morgan fingerprint density at radius 3 is 2.43 bits per heavy atom. The third kappa shape index (κ3) is 3.05. The number of fused-ring (bicyclic) bond motifs is 1. The quantitative estimate of drug-likeness (QED) is 0.331. The molecule has 75 valence electrons. The van der Waals surface area contributed by atoms with Crippen molar-refractivity contribution in [3.8, 4) is 0 Å². The molecule has 0 amide bonds. The molecule has 0 nitrogen and oxygen atoms in total. The first kappa shape index (κ1) is 17.5. The fourth-order valence-electron chi connectivity index (χ4n) is 1.59. The summed E-state index contributed by atoms with van der Waals surface area (Å²) >= 11 is 0. The van der Waals surface area contributed by atoms with Crippen molar-refractivity contribution in [2.45, 2.75) is 19.5 Å². The molecule has 2 unspecified atom stereocenters. The Hall–Kier alpha value is 1.11. The number of hydrogen-bond donors (Lipinski definition) is 0. The van der Waals surface area contributed by atoms with Crippen molar-refractivity contribution in [3.05, 3.63) is 34.7 Å².